The SMILES string of the molecule is CN(C)C(=O)[C@H]1C[C@H](NC(=O)c2ccccc2)[C@H](c2nc(-c3ccccc3)no2)C1. The number of hydrogen-bond donors (Lipinski definition) is 1. The maximum Gasteiger partial charge on any atom is 0.251 e. The van der Waals surface area contributed by atoms with Crippen LogP contribution < -0.4 is 5.32 Å². The highest BCUT2D eigenvalue weighted by atomic mass is 16.5. The zero-order valence-corrected chi connectivity index (χ0v) is 17.0. The van der Waals surface area contributed by atoms with Crippen molar-refractivity contribution in [3.8, 4) is 11.4 Å². The van der Waals surface area contributed by atoms with Crippen molar-refractivity contribution in [1.82, 2.24) is 20.4 Å². The number of aromatic nitrogens is 2. The predicted octanol–water partition coefficient (Wildman–Crippen LogP) is 3.12. The summed E-state index contributed by atoms with van der Waals surface area (Å²) in [7, 11) is 3.49. The Morgan fingerprint density at radius 1 is 1.00 bits per heavy atom. The van der Waals surface area contributed by atoms with Crippen LogP contribution in [-0.2, 0) is 4.79 Å². The van der Waals surface area contributed by atoms with Gasteiger partial charge in [-0.25, -0.2) is 0 Å². The minimum absolute atomic E-state index is 0.0410. The molecule has 0 spiro atoms. The van der Waals surface area contributed by atoms with Crippen LogP contribution in [0.4, 0.5) is 0 Å². The summed E-state index contributed by atoms with van der Waals surface area (Å²) in [6, 6.07) is 18.4. The van der Waals surface area contributed by atoms with Crippen molar-refractivity contribution in [1.29, 1.82) is 0 Å². The molecule has 3 atom stereocenters. The van der Waals surface area contributed by atoms with Gasteiger partial charge in [-0.2, -0.15) is 4.98 Å². The van der Waals surface area contributed by atoms with E-state index in [1.807, 2.05) is 48.5 Å². The highest BCUT2D eigenvalue weighted by molar-refractivity contribution is 5.94. The number of carbonyl (C=O) groups is 2. The Balaban J connectivity index is 1.59. The Hall–Kier alpha value is -3.48. The summed E-state index contributed by atoms with van der Waals surface area (Å²) in [5.41, 5.74) is 1.44. The molecule has 0 aliphatic heterocycles. The van der Waals surface area contributed by atoms with Crippen LogP contribution in [0.25, 0.3) is 11.4 Å². The molecule has 30 heavy (non-hydrogen) atoms. The van der Waals surface area contributed by atoms with E-state index in [-0.39, 0.29) is 29.7 Å². The highest BCUT2D eigenvalue weighted by Gasteiger charge is 2.42. The van der Waals surface area contributed by atoms with E-state index in [0.29, 0.717) is 30.1 Å². The van der Waals surface area contributed by atoms with Gasteiger partial charge in [-0.3, -0.25) is 9.59 Å². The molecule has 1 aliphatic rings. The number of rotatable bonds is 5. The van der Waals surface area contributed by atoms with Gasteiger partial charge >= 0.3 is 0 Å². The normalized spacial score (nSPS) is 20.7. The molecule has 154 valence electrons. The second kappa shape index (κ2) is 8.49. The number of benzene rings is 2. The predicted molar refractivity (Wildman–Crippen MR) is 112 cm³/mol. The summed E-state index contributed by atoms with van der Waals surface area (Å²) in [5.74, 6) is 0.377. The molecular formula is C23H24N4O3. The lowest BCUT2D eigenvalue weighted by Crippen LogP contribution is -2.37. The van der Waals surface area contributed by atoms with E-state index in [4.69, 9.17) is 4.52 Å². The van der Waals surface area contributed by atoms with Crippen LogP contribution in [0.3, 0.4) is 0 Å². The van der Waals surface area contributed by atoms with Gasteiger partial charge < -0.3 is 14.7 Å². The molecule has 7 nitrogen and oxygen atoms in total. The number of nitrogens with one attached hydrogen (secondary N) is 1. The lowest BCUT2D eigenvalue weighted by atomic mass is 10.0. The van der Waals surface area contributed by atoms with E-state index in [0.717, 1.165) is 5.56 Å². The first kappa shape index (κ1) is 19.8. The lowest BCUT2D eigenvalue weighted by molar-refractivity contribution is -0.132. The van der Waals surface area contributed by atoms with Crippen LogP contribution in [0, 0.1) is 5.92 Å². The maximum atomic E-state index is 12.7. The van der Waals surface area contributed by atoms with Crippen molar-refractivity contribution in [3.63, 3.8) is 0 Å². The first-order chi connectivity index (χ1) is 14.5. The molecule has 0 bridgehead atoms. The minimum Gasteiger partial charge on any atom is -0.349 e. The number of nitrogens with zero attached hydrogens (tertiary/aromatic N) is 3. The van der Waals surface area contributed by atoms with Crippen molar-refractivity contribution in [2.24, 2.45) is 5.92 Å². The van der Waals surface area contributed by atoms with Gasteiger partial charge in [0, 0.05) is 37.2 Å². The molecular weight excluding hydrogens is 380 g/mol. The van der Waals surface area contributed by atoms with Crippen molar-refractivity contribution < 1.29 is 14.1 Å². The molecule has 0 radical (unpaired) electrons. The molecule has 1 aromatic heterocycles. The molecule has 1 N–H and O–H groups in total. The van der Waals surface area contributed by atoms with Crippen LogP contribution in [0.1, 0.15) is 35.0 Å². The van der Waals surface area contributed by atoms with E-state index in [1.165, 1.54) is 0 Å². The third-order valence-electron chi connectivity index (χ3n) is 5.50. The third kappa shape index (κ3) is 4.10. The van der Waals surface area contributed by atoms with Crippen LogP contribution in [-0.4, -0.2) is 47.0 Å². The largest absolute Gasteiger partial charge is 0.349 e. The first-order valence-electron chi connectivity index (χ1n) is 9.99. The maximum absolute atomic E-state index is 12.7. The van der Waals surface area contributed by atoms with Crippen molar-refractivity contribution in [3.05, 3.63) is 72.1 Å². The smallest absolute Gasteiger partial charge is 0.251 e. The monoisotopic (exact) mass is 404 g/mol. The molecule has 0 unspecified atom stereocenters. The molecule has 3 aromatic rings. The molecule has 2 aromatic carbocycles. The molecule has 1 fully saturated rings. The Bertz CT molecular complexity index is 1020. The van der Waals surface area contributed by atoms with E-state index in [2.05, 4.69) is 15.5 Å². The van der Waals surface area contributed by atoms with Crippen LogP contribution in [0.5, 0.6) is 0 Å². The van der Waals surface area contributed by atoms with Gasteiger partial charge in [-0.05, 0) is 25.0 Å². The van der Waals surface area contributed by atoms with Gasteiger partial charge in [-0.15, -0.1) is 0 Å². The van der Waals surface area contributed by atoms with E-state index < -0.39 is 0 Å². The Kier molecular flexibility index (Phi) is 5.61. The third-order valence-corrected chi connectivity index (χ3v) is 5.50. The molecule has 2 amide bonds. The van der Waals surface area contributed by atoms with Gasteiger partial charge in [0.1, 0.15) is 0 Å². The molecule has 1 aliphatic carbocycles. The Morgan fingerprint density at radius 2 is 1.67 bits per heavy atom. The summed E-state index contributed by atoms with van der Waals surface area (Å²) in [6.45, 7) is 0. The minimum atomic E-state index is -0.268. The lowest BCUT2D eigenvalue weighted by Gasteiger charge is -2.18. The first-order valence-corrected chi connectivity index (χ1v) is 9.99. The van der Waals surface area contributed by atoms with E-state index in [9.17, 15) is 9.59 Å². The molecule has 1 heterocycles. The van der Waals surface area contributed by atoms with Gasteiger partial charge in [0.05, 0.1) is 5.92 Å². The molecule has 7 heteroatoms. The summed E-state index contributed by atoms with van der Waals surface area (Å²) < 4.78 is 5.57. The van der Waals surface area contributed by atoms with Crippen molar-refractivity contribution in [2.45, 2.75) is 24.8 Å². The second-order valence-corrected chi connectivity index (χ2v) is 7.78. The number of carbonyl (C=O) groups excluding carboxylic acids is 2. The second-order valence-electron chi connectivity index (χ2n) is 7.78. The fraction of sp³-hybridized carbons (Fsp3) is 0.304. The van der Waals surface area contributed by atoms with Crippen molar-refractivity contribution in [2.75, 3.05) is 14.1 Å². The molecule has 0 saturated heterocycles. The van der Waals surface area contributed by atoms with Gasteiger partial charge in [0.25, 0.3) is 5.91 Å². The molecule has 1 saturated carbocycles. The van der Waals surface area contributed by atoms with E-state index >= 15 is 0 Å². The molecule has 4 rings (SSSR count). The van der Waals surface area contributed by atoms with Gasteiger partial charge in [0.15, 0.2) is 0 Å². The Morgan fingerprint density at radius 3 is 2.33 bits per heavy atom. The van der Waals surface area contributed by atoms with Gasteiger partial charge in [-0.1, -0.05) is 53.7 Å². The van der Waals surface area contributed by atoms with Crippen LogP contribution >= 0.6 is 0 Å². The fourth-order valence-electron chi connectivity index (χ4n) is 3.97. The number of hydrogen-bond acceptors (Lipinski definition) is 5. The average molecular weight is 404 g/mol. The average Bonchev–Trinajstić information content (AvgIpc) is 3.41. The van der Waals surface area contributed by atoms with Crippen molar-refractivity contribution >= 4 is 11.8 Å². The summed E-state index contributed by atoms with van der Waals surface area (Å²) in [4.78, 5) is 31.5. The number of amides is 2. The summed E-state index contributed by atoms with van der Waals surface area (Å²) in [6.07, 6.45) is 1.08. The Labute approximate surface area is 175 Å². The van der Waals surface area contributed by atoms with E-state index in [1.54, 1.807) is 31.1 Å². The van der Waals surface area contributed by atoms with Crippen LogP contribution in [0.15, 0.2) is 65.2 Å². The van der Waals surface area contributed by atoms with Crippen LogP contribution in [0.2, 0.25) is 0 Å². The zero-order chi connectivity index (χ0) is 21.1. The summed E-state index contributed by atoms with van der Waals surface area (Å²) in [5, 5.41) is 7.19. The quantitative estimate of drug-likeness (QED) is 0.706. The van der Waals surface area contributed by atoms with Gasteiger partial charge in [0.2, 0.25) is 17.6 Å². The standard InChI is InChI=1S/C23H24N4O3/c1-27(2)23(29)17-13-18(19(14-17)24-21(28)16-11-7-4-8-12-16)22-25-20(26-30-22)15-9-5-3-6-10-15/h3-12,17-19H,13-14H2,1-2H3,(H,24,28)/t17-,18-,19+/m1/s1. The highest BCUT2D eigenvalue weighted by Crippen LogP contribution is 2.39. The summed E-state index contributed by atoms with van der Waals surface area (Å²) >= 11 is 0. The fourth-order valence-corrected chi connectivity index (χ4v) is 3.97. The topological polar surface area (TPSA) is 88.3 Å². The zero-order valence-electron chi connectivity index (χ0n) is 17.0.